The standard InChI is InChI=1S/C11H15BrO.C9H12NOPS/c1-10(7-12)8-13-9-11-5-3-2-4-6-11;1-7(10-12)9(11)13-8-5-3-2-4-6-8/h2-6,10H,7-9H2,1H3;2-7,10H,12H2,1H3/t10-;7-/m10/s1. The summed E-state index contributed by atoms with van der Waals surface area (Å²) in [5.41, 5.74) is 1.24. The molecule has 6 heteroatoms. The second kappa shape index (κ2) is 14.4. The Morgan fingerprint density at radius 2 is 1.69 bits per heavy atom. The number of ether oxygens (including phenoxy) is 1. The summed E-state index contributed by atoms with van der Waals surface area (Å²) in [6.45, 7) is 5.54. The number of rotatable bonds is 8. The Balaban J connectivity index is 0.000000260. The van der Waals surface area contributed by atoms with Gasteiger partial charge in [0.25, 0.3) is 0 Å². The number of carbonyl (C=O) groups is 1. The van der Waals surface area contributed by atoms with Crippen LogP contribution < -0.4 is 5.09 Å². The van der Waals surface area contributed by atoms with E-state index < -0.39 is 0 Å². The first-order valence-corrected chi connectivity index (χ1v) is 11.0. The van der Waals surface area contributed by atoms with Gasteiger partial charge in [-0.2, -0.15) is 0 Å². The van der Waals surface area contributed by atoms with Gasteiger partial charge in [0.05, 0.1) is 19.3 Å². The summed E-state index contributed by atoms with van der Waals surface area (Å²) >= 11 is 4.68. The molecular formula is C20H27BrNO2PS. The van der Waals surface area contributed by atoms with Crippen LogP contribution in [0.25, 0.3) is 0 Å². The molecule has 0 saturated heterocycles. The minimum Gasteiger partial charge on any atom is -0.376 e. The number of halogens is 1. The fraction of sp³-hybridized carbons (Fsp3) is 0.350. The van der Waals surface area contributed by atoms with E-state index >= 15 is 0 Å². The lowest BCUT2D eigenvalue weighted by molar-refractivity contribution is -0.112. The summed E-state index contributed by atoms with van der Waals surface area (Å²) < 4.78 is 5.54. The predicted octanol–water partition coefficient (Wildman–Crippen LogP) is 5.31. The van der Waals surface area contributed by atoms with Crippen LogP contribution in [0.1, 0.15) is 19.4 Å². The van der Waals surface area contributed by atoms with Crippen molar-refractivity contribution in [1.82, 2.24) is 5.09 Å². The SMILES string of the molecule is C[C@H](CBr)COCc1ccccc1.C[C@H](NP)C(=O)Sc1ccccc1. The summed E-state index contributed by atoms with van der Waals surface area (Å²) in [6.07, 6.45) is 0. The Hall–Kier alpha value is -0.710. The first kappa shape index (κ1) is 23.3. The zero-order valence-electron chi connectivity index (χ0n) is 15.2. The van der Waals surface area contributed by atoms with Gasteiger partial charge in [-0.25, -0.2) is 0 Å². The summed E-state index contributed by atoms with van der Waals surface area (Å²) in [6, 6.07) is 19.8. The highest BCUT2D eigenvalue weighted by atomic mass is 79.9. The minimum atomic E-state index is -0.129. The Labute approximate surface area is 172 Å². The summed E-state index contributed by atoms with van der Waals surface area (Å²) in [4.78, 5) is 12.4. The number of thioether (sulfide) groups is 1. The lowest BCUT2D eigenvalue weighted by Crippen LogP contribution is -2.23. The van der Waals surface area contributed by atoms with E-state index in [1.54, 1.807) is 0 Å². The molecular weight excluding hydrogens is 429 g/mol. The topological polar surface area (TPSA) is 38.3 Å². The maximum Gasteiger partial charge on any atom is 0.210 e. The van der Waals surface area contributed by atoms with Gasteiger partial charge in [0.15, 0.2) is 0 Å². The third kappa shape index (κ3) is 10.4. The third-order valence-electron chi connectivity index (χ3n) is 3.34. The zero-order chi connectivity index (χ0) is 19.2. The van der Waals surface area contributed by atoms with Crippen molar-refractivity contribution in [2.24, 2.45) is 5.92 Å². The van der Waals surface area contributed by atoms with E-state index in [-0.39, 0.29) is 11.2 Å². The molecule has 0 saturated carbocycles. The summed E-state index contributed by atoms with van der Waals surface area (Å²) in [7, 11) is 2.35. The lowest BCUT2D eigenvalue weighted by atomic mass is 10.2. The molecule has 1 N–H and O–H groups in total. The average molecular weight is 456 g/mol. The van der Waals surface area contributed by atoms with Crippen LogP contribution in [0.2, 0.25) is 0 Å². The maximum atomic E-state index is 11.4. The molecule has 0 bridgehead atoms. The Morgan fingerprint density at radius 3 is 2.23 bits per heavy atom. The number of carbonyl (C=O) groups excluding carboxylic acids is 1. The number of nitrogens with one attached hydrogen (secondary N) is 1. The predicted molar refractivity (Wildman–Crippen MR) is 119 cm³/mol. The van der Waals surface area contributed by atoms with E-state index in [1.807, 2.05) is 55.5 Å². The molecule has 0 aromatic heterocycles. The van der Waals surface area contributed by atoms with Gasteiger partial charge in [-0.05, 0) is 30.5 Å². The van der Waals surface area contributed by atoms with Crippen molar-refractivity contribution in [1.29, 1.82) is 0 Å². The molecule has 2 rings (SSSR count). The average Bonchev–Trinajstić information content (AvgIpc) is 2.69. The second-order valence-corrected chi connectivity index (χ2v) is 7.94. The van der Waals surface area contributed by atoms with Crippen LogP contribution in [0.15, 0.2) is 65.6 Å². The van der Waals surface area contributed by atoms with Crippen molar-refractivity contribution in [3.63, 3.8) is 0 Å². The largest absolute Gasteiger partial charge is 0.376 e. The first-order chi connectivity index (χ1) is 12.6. The van der Waals surface area contributed by atoms with E-state index in [2.05, 4.69) is 49.5 Å². The number of hydrogen-bond acceptors (Lipinski definition) is 4. The molecule has 2 aromatic rings. The van der Waals surface area contributed by atoms with E-state index in [0.29, 0.717) is 5.92 Å². The molecule has 3 atom stereocenters. The van der Waals surface area contributed by atoms with Crippen molar-refractivity contribution < 1.29 is 9.53 Å². The van der Waals surface area contributed by atoms with Crippen molar-refractivity contribution in [3.05, 3.63) is 66.2 Å². The van der Waals surface area contributed by atoms with Crippen LogP contribution in [-0.4, -0.2) is 23.1 Å². The van der Waals surface area contributed by atoms with Crippen LogP contribution in [0.5, 0.6) is 0 Å². The first-order valence-electron chi connectivity index (χ1n) is 8.47. The van der Waals surface area contributed by atoms with Gasteiger partial charge >= 0.3 is 0 Å². The highest BCUT2D eigenvalue weighted by molar-refractivity contribution is 9.09. The van der Waals surface area contributed by atoms with Gasteiger partial charge in [0.2, 0.25) is 5.12 Å². The Kier molecular flexibility index (Phi) is 12.9. The van der Waals surface area contributed by atoms with Gasteiger partial charge in [-0.3, -0.25) is 9.88 Å². The molecule has 0 spiro atoms. The molecule has 0 aliphatic carbocycles. The summed E-state index contributed by atoms with van der Waals surface area (Å²) in [5.74, 6) is 0.587. The van der Waals surface area contributed by atoms with E-state index in [9.17, 15) is 4.79 Å². The second-order valence-electron chi connectivity index (χ2n) is 5.88. The molecule has 0 heterocycles. The molecule has 1 unspecified atom stereocenters. The van der Waals surface area contributed by atoms with Gasteiger partial charge in [0, 0.05) is 10.2 Å². The van der Waals surface area contributed by atoms with Crippen LogP contribution in [0, 0.1) is 5.92 Å². The van der Waals surface area contributed by atoms with Gasteiger partial charge in [-0.15, -0.1) is 0 Å². The maximum absolute atomic E-state index is 11.4. The minimum absolute atomic E-state index is 0.126. The van der Waals surface area contributed by atoms with Gasteiger partial charge < -0.3 is 4.74 Å². The highest BCUT2D eigenvalue weighted by Crippen LogP contribution is 2.19. The smallest absolute Gasteiger partial charge is 0.210 e. The molecule has 2 aromatic carbocycles. The quantitative estimate of drug-likeness (QED) is 0.332. The molecule has 142 valence electrons. The molecule has 0 aliphatic rings. The van der Waals surface area contributed by atoms with Gasteiger partial charge in [-0.1, -0.05) is 92.5 Å². The normalized spacial score (nSPS) is 12.6. The zero-order valence-corrected chi connectivity index (χ0v) is 18.8. The summed E-state index contributed by atoms with van der Waals surface area (Å²) in [5, 5.41) is 3.96. The van der Waals surface area contributed by atoms with E-state index in [0.717, 1.165) is 23.4 Å². The van der Waals surface area contributed by atoms with Gasteiger partial charge in [0.1, 0.15) is 0 Å². The van der Waals surface area contributed by atoms with Crippen molar-refractivity contribution in [2.75, 3.05) is 11.9 Å². The van der Waals surface area contributed by atoms with Crippen LogP contribution in [-0.2, 0) is 16.1 Å². The number of alkyl halides is 1. The number of hydrogen-bond donors (Lipinski definition) is 1. The molecule has 0 amide bonds. The van der Waals surface area contributed by atoms with Crippen molar-refractivity contribution in [3.8, 4) is 0 Å². The Morgan fingerprint density at radius 1 is 1.12 bits per heavy atom. The van der Waals surface area contributed by atoms with Crippen LogP contribution in [0.4, 0.5) is 0 Å². The molecule has 0 fully saturated rings. The highest BCUT2D eigenvalue weighted by Gasteiger charge is 2.11. The van der Waals surface area contributed by atoms with Crippen LogP contribution in [0.3, 0.4) is 0 Å². The van der Waals surface area contributed by atoms with Crippen molar-refractivity contribution in [2.45, 2.75) is 31.4 Å². The number of benzene rings is 2. The monoisotopic (exact) mass is 455 g/mol. The third-order valence-corrected chi connectivity index (χ3v) is 6.01. The van der Waals surface area contributed by atoms with Crippen molar-refractivity contribution >= 4 is 42.2 Å². The van der Waals surface area contributed by atoms with E-state index in [4.69, 9.17) is 4.74 Å². The fourth-order valence-electron chi connectivity index (χ4n) is 1.76. The molecule has 26 heavy (non-hydrogen) atoms. The molecule has 0 aliphatic heterocycles. The molecule has 3 nitrogen and oxygen atoms in total. The Bertz CT molecular complexity index is 616. The lowest BCUT2D eigenvalue weighted by Gasteiger charge is -2.08. The van der Waals surface area contributed by atoms with E-state index in [1.165, 1.54) is 17.3 Å². The fourth-order valence-corrected chi connectivity index (χ4v) is 2.99. The van der Waals surface area contributed by atoms with Crippen LogP contribution >= 0.6 is 37.1 Å². The molecule has 0 radical (unpaired) electrons.